The van der Waals surface area contributed by atoms with Crippen molar-refractivity contribution in [1.82, 2.24) is 20.5 Å². The lowest BCUT2D eigenvalue weighted by molar-refractivity contribution is -0.149. The maximum absolute atomic E-state index is 14.3. The van der Waals surface area contributed by atoms with E-state index in [1.807, 2.05) is 52.0 Å². The predicted octanol–water partition coefficient (Wildman–Crippen LogP) is 5.70. The van der Waals surface area contributed by atoms with Gasteiger partial charge in [-0.2, -0.15) is 0 Å². The Morgan fingerprint density at radius 3 is 2.32 bits per heavy atom. The van der Waals surface area contributed by atoms with Gasteiger partial charge in [0, 0.05) is 30.3 Å². The highest BCUT2D eigenvalue weighted by atomic mass is 79.9. The zero-order valence-electron chi connectivity index (χ0n) is 27.8. The number of ether oxygens (including phenoxy) is 1. The van der Waals surface area contributed by atoms with Gasteiger partial charge in [-0.05, 0) is 84.8 Å². The van der Waals surface area contributed by atoms with Crippen LogP contribution in [0.4, 0.5) is 0 Å². The number of carbonyl (C=O) groups is 4. The minimum atomic E-state index is -1.02. The smallest absolute Gasteiger partial charge is 0.308 e. The van der Waals surface area contributed by atoms with Crippen molar-refractivity contribution < 1.29 is 29.0 Å². The lowest BCUT2D eigenvalue weighted by atomic mass is 9.95. The van der Waals surface area contributed by atoms with Crippen LogP contribution in [0.15, 0.2) is 64.8 Å². The van der Waals surface area contributed by atoms with Crippen molar-refractivity contribution in [2.24, 2.45) is 11.8 Å². The molecule has 47 heavy (non-hydrogen) atoms. The molecule has 0 radical (unpaired) electrons. The fourth-order valence-corrected chi connectivity index (χ4v) is 6.87. The summed E-state index contributed by atoms with van der Waals surface area (Å²) in [7, 11) is 1.55. The number of carbonyl (C=O) groups excluding carboxylic acids is 4. The fourth-order valence-electron chi connectivity index (χ4n) is 6.28. The number of cyclic esters (lactones) is 1. The summed E-state index contributed by atoms with van der Waals surface area (Å²) in [5.74, 6) is -1.93. The summed E-state index contributed by atoms with van der Waals surface area (Å²) in [5, 5.41) is 16.7. The van der Waals surface area contributed by atoms with Crippen LogP contribution in [0.3, 0.4) is 0 Å². The number of hydrogen-bond acceptors (Lipinski definition) is 6. The standard InChI is InChI=1S/C36H45BrN4O6/c1-20-15-21(2)17-23(4)47-32(43)19-30(25-11-13-26(42)14-12-25)40-35(45)31(18-28-27-9-7-8-10-29(27)39-33(28)37)41(6)36(46)24(5)38-34(44)22(3)16-20/h7-15,21-24,30-31,39,42H,16-19H2,1-6H3,(H,38,44)(H,40,45)/b20-15+/t21-,22-,23-,24-,30?,31?/m0/s1. The number of aromatic amines is 1. The Morgan fingerprint density at radius 1 is 0.936 bits per heavy atom. The van der Waals surface area contributed by atoms with Gasteiger partial charge in [0.15, 0.2) is 0 Å². The zero-order valence-corrected chi connectivity index (χ0v) is 29.4. The van der Waals surface area contributed by atoms with Crippen molar-refractivity contribution in [3.8, 4) is 5.75 Å². The Morgan fingerprint density at radius 2 is 1.62 bits per heavy atom. The molecule has 2 unspecified atom stereocenters. The summed E-state index contributed by atoms with van der Waals surface area (Å²) in [6.07, 6.45) is 2.76. The maximum atomic E-state index is 14.3. The summed E-state index contributed by atoms with van der Waals surface area (Å²) in [4.78, 5) is 59.2. The molecule has 1 aliphatic heterocycles. The molecule has 4 N–H and O–H groups in total. The van der Waals surface area contributed by atoms with Gasteiger partial charge in [0.2, 0.25) is 17.7 Å². The monoisotopic (exact) mass is 708 g/mol. The molecule has 0 bridgehead atoms. The van der Waals surface area contributed by atoms with E-state index in [2.05, 4.69) is 37.6 Å². The first-order chi connectivity index (χ1) is 22.2. The topological polar surface area (TPSA) is 141 Å². The summed E-state index contributed by atoms with van der Waals surface area (Å²) in [6, 6.07) is 11.2. The Labute approximate surface area is 284 Å². The Balaban J connectivity index is 1.74. The molecular formula is C36H45BrN4O6. The van der Waals surface area contributed by atoms with Gasteiger partial charge in [-0.1, -0.05) is 55.8 Å². The van der Waals surface area contributed by atoms with E-state index in [4.69, 9.17) is 4.74 Å². The number of rotatable bonds is 3. The molecule has 3 aromatic rings. The number of amides is 3. The second kappa shape index (κ2) is 15.6. The number of H-pyrrole nitrogens is 1. The molecule has 10 nitrogen and oxygen atoms in total. The van der Waals surface area contributed by atoms with Crippen LogP contribution in [0.2, 0.25) is 0 Å². The maximum Gasteiger partial charge on any atom is 0.308 e. The predicted molar refractivity (Wildman–Crippen MR) is 184 cm³/mol. The molecular weight excluding hydrogens is 664 g/mol. The van der Waals surface area contributed by atoms with Crippen molar-refractivity contribution in [2.45, 2.75) is 84.5 Å². The first-order valence-electron chi connectivity index (χ1n) is 16.0. The van der Waals surface area contributed by atoms with Gasteiger partial charge in [0.05, 0.1) is 23.2 Å². The van der Waals surface area contributed by atoms with Gasteiger partial charge in [-0.25, -0.2) is 0 Å². The number of nitrogens with zero attached hydrogens (tertiary/aromatic N) is 1. The molecule has 252 valence electrons. The molecule has 0 saturated heterocycles. The number of para-hydroxylation sites is 1. The van der Waals surface area contributed by atoms with Gasteiger partial charge in [0.1, 0.15) is 17.8 Å². The van der Waals surface area contributed by atoms with Crippen LogP contribution in [0.25, 0.3) is 10.9 Å². The number of nitrogens with one attached hydrogen (secondary N) is 3. The van der Waals surface area contributed by atoms with Crippen LogP contribution in [-0.2, 0) is 30.3 Å². The van der Waals surface area contributed by atoms with E-state index in [9.17, 15) is 24.3 Å². The largest absolute Gasteiger partial charge is 0.508 e. The molecule has 0 fully saturated rings. The third-order valence-electron chi connectivity index (χ3n) is 8.67. The minimum Gasteiger partial charge on any atom is -0.508 e. The molecule has 0 saturated carbocycles. The number of phenols is 1. The average Bonchev–Trinajstić information content (AvgIpc) is 3.32. The summed E-state index contributed by atoms with van der Waals surface area (Å²) < 4.78 is 6.47. The number of likely N-dealkylation sites (N-methyl/N-ethyl adjacent to an activating group) is 1. The Hall–Kier alpha value is -4.12. The van der Waals surface area contributed by atoms with Crippen molar-refractivity contribution in [3.63, 3.8) is 0 Å². The third-order valence-corrected chi connectivity index (χ3v) is 9.35. The van der Waals surface area contributed by atoms with Gasteiger partial charge in [0.25, 0.3) is 0 Å². The number of phenolic OH excluding ortho intramolecular Hbond substituents is 1. The number of hydrogen-bond donors (Lipinski definition) is 4. The zero-order chi connectivity index (χ0) is 34.4. The van der Waals surface area contributed by atoms with E-state index in [0.717, 1.165) is 22.0 Å². The van der Waals surface area contributed by atoms with Crippen molar-refractivity contribution >= 4 is 50.5 Å². The molecule has 0 spiro atoms. The normalized spacial score (nSPS) is 27.1. The second-order valence-electron chi connectivity index (χ2n) is 12.9. The van der Waals surface area contributed by atoms with Crippen LogP contribution >= 0.6 is 15.9 Å². The van der Waals surface area contributed by atoms with E-state index >= 15 is 0 Å². The quantitative estimate of drug-likeness (QED) is 0.203. The number of allylic oxidation sites excluding steroid dienone is 2. The molecule has 3 amide bonds. The van der Waals surface area contributed by atoms with Crippen molar-refractivity contribution in [3.05, 3.63) is 75.9 Å². The highest BCUT2D eigenvalue weighted by Crippen LogP contribution is 2.29. The first-order valence-corrected chi connectivity index (χ1v) is 16.8. The van der Waals surface area contributed by atoms with Crippen LogP contribution in [-0.4, -0.2) is 63.9 Å². The Bertz CT molecular complexity index is 1630. The molecule has 0 aliphatic carbocycles. The molecule has 11 heteroatoms. The Kier molecular flexibility index (Phi) is 11.9. The minimum absolute atomic E-state index is 0.0439. The van der Waals surface area contributed by atoms with E-state index in [1.54, 1.807) is 26.1 Å². The second-order valence-corrected chi connectivity index (χ2v) is 13.6. The third kappa shape index (κ3) is 9.24. The van der Waals surface area contributed by atoms with Crippen molar-refractivity contribution in [2.75, 3.05) is 7.05 Å². The molecule has 1 aromatic heterocycles. The van der Waals surface area contributed by atoms with E-state index in [-0.39, 0.29) is 36.3 Å². The van der Waals surface area contributed by atoms with Gasteiger partial charge in [-0.3, -0.25) is 19.2 Å². The number of fused-ring (bicyclic) bond motifs is 1. The summed E-state index contributed by atoms with van der Waals surface area (Å²) in [5.41, 5.74) is 3.29. The lowest BCUT2D eigenvalue weighted by Crippen LogP contribution is -2.55. The molecule has 6 atom stereocenters. The van der Waals surface area contributed by atoms with E-state index in [0.29, 0.717) is 23.0 Å². The number of benzene rings is 2. The van der Waals surface area contributed by atoms with Crippen LogP contribution in [0.1, 0.15) is 71.0 Å². The SMILES string of the molecule is C/C1=C\[C@H](C)C[C@H](C)OC(=O)CC(c2ccc(O)cc2)NC(=O)C(Cc2c(Br)[nH]c3ccccc23)N(C)C(=O)[C@H](C)NC(=O)[C@@H](C)C1. The average molecular weight is 710 g/mol. The van der Waals surface area contributed by atoms with Crippen LogP contribution in [0, 0.1) is 11.8 Å². The van der Waals surface area contributed by atoms with Gasteiger partial charge >= 0.3 is 5.97 Å². The highest BCUT2D eigenvalue weighted by molar-refractivity contribution is 9.10. The molecule has 1 aliphatic rings. The van der Waals surface area contributed by atoms with Crippen molar-refractivity contribution in [1.29, 1.82) is 0 Å². The number of esters is 1. The summed E-state index contributed by atoms with van der Waals surface area (Å²) in [6.45, 7) is 9.27. The molecule has 2 aromatic carbocycles. The van der Waals surface area contributed by atoms with Crippen LogP contribution < -0.4 is 10.6 Å². The lowest BCUT2D eigenvalue weighted by Gasteiger charge is -2.31. The summed E-state index contributed by atoms with van der Waals surface area (Å²) >= 11 is 3.60. The molecule has 4 rings (SSSR count). The number of halogens is 1. The first kappa shape index (κ1) is 35.7. The molecule has 2 heterocycles. The number of aromatic hydroxyl groups is 1. The fraction of sp³-hybridized carbons (Fsp3) is 0.444. The van der Waals surface area contributed by atoms with Gasteiger partial charge in [-0.15, -0.1) is 0 Å². The number of aromatic nitrogens is 1. The van der Waals surface area contributed by atoms with E-state index in [1.165, 1.54) is 17.0 Å². The van der Waals surface area contributed by atoms with E-state index < -0.39 is 42.0 Å². The van der Waals surface area contributed by atoms with Gasteiger partial charge < -0.3 is 30.4 Å². The van der Waals surface area contributed by atoms with Crippen LogP contribution in [0.5, 0.6) is 5.75 Å². The highest BCUT2D eigenvalue weighted by Gasteiger charge is 2.34.